The van der Waals surface area contributed by atoms with Crippen LogP contribution in [0.5, 0.6) is 0 Å². The van der Waals surface area contributed by atoms with Crippen LogP contribution in [0.4, 0.5) is 4.79 Å². The minimum Gasteiger partial charge on any atom is -0.481 e. The summed E-state index contributed by atoms with van der Waals surface area (Å²) >= 11 is 0. The second kappa shape index (κ2) is 6.23. The van der Waals surface area contributed by atoms with Crippen LogP contribution < -0.4 is 5.32 Å². The quantitative estimate of drug-likeness (QED) is 0.787. The number of aliphatic carboxylic acids is 1. The molecule has 0 spiro atoms. The molecule has 2 aliphatic rings. The maximum atomic E-state index is 12.1. The van der Waals surface area contributed by atoms with E-state index in [9.17, 15) is 9.59 Å². The fraction of sp³-hybridized carbons (Fsp3) is 0.846. The first kappa shape index (κ1) is 14.1. The Morgan fingerprint density at radius 2 is 2.16 bits per heavy atom. The number of urea groups is 1. The van der Waals surface area contributed by atoms with Crippen molar-refractivity contribution in [1.29, 1.82) is 0 Å². The maximum Gasteiger partial charge on any atom is 0.317 e. The summed E-state index contributed by atoms with van der Waals surface area (Å²) in [5.74, 6) is -0.843. The minimum absolute atomic E-state index is 0.0413. The first-order valence-electron chi connectivity index (χ1n) is 7.00. The van der Waals surface area contributed by atoms with Crippen LogP contribution in [-0.4, -0.2) is 53.3 Å². The third-order valence-corrected chi connectivity index (χ3v) is 3.87. The lowest BCUT2D eigenvalue weighted by Gasteiger charge is -2.37. The Labute approximate surface area is 113 Å². The summed E-state index contributed by atoms with van der Waals surface area (Å²) in [7, 11) is 0. The zero-order valence-electron chi connectivity index (χ0n) is 11.3. The molecule has 1 aliphatic heterocycles. The Bertz CT molecular complexity index is 342. The van der Waals surface area contributed by atoms with Crippen molar-refractivity contribution in [1.82, 2.24) is 10.2 Å². The van der Waals surface area contributed by atoms with Crippen LogP contribution in [0.2, 0.25) is 0 Å². The van der Waals surface area contributed by atoms with E-state index in [4.69, 9.17) is 9.84 Å². The van der Waals surface area contributed by atoms with Gasteiger partial charge in [-0.15, -0.1) is 0 Å². The normalized spacial score (nSPS) is 29.9. The number of amides is 2. The van der Waals surface area contributed by atoms with Crippen LogP contribution in [-0.2, 0) is 9.53 Å². The van der Waals surface area contributed by atoms with Gasteiger partial charge in [0.05, 0.1) is 12.5 Å². The number of ether oxygens (including phenoxy) is 1. The van der Waals surface area contributed by atoms with Crippen LogP contribution in [0.3, 0.4) is 0 Å². The van der Waals surface area contributed by atoms with Crippen molar-refractivity contribution in [2.75, 3.05) is 13.2 Å². The lowest BCUT2D eigenvalue weighted by molar-refractivity contribution is -0.137. The van der Waals surface area contributed by atoms with E-state index in [1.165, 1.54) is 0 Å². The molecular formula is C13H22N2O4. The summed E-state index contributed by atoms with van der Waals surface area (Å²) in [5.41, 5.74) is 0. The van der Waals surface area contributed by atoms with Crippen LogP contribution in [0.15, 0.2) is 0 Å². The SMILES string of the molecule is CCOC1CC(NC(=O)N2CCCC2CC(=O)O)C1. The molecule has 2 rings (SSSR count). The predicted molar refractivity (Wildman–Crippen MR) is 68.9 cm³/mol. The van der Waals surface area contributed by atoms with Crippen molar-refractivity contribution in [3.05, 3.63) is 0 Å². The Hall–Kier alpha value is -1.30. The lowest BCUT2D eigenvalue weighted by Crippen LogP contribution is -2.53. The van der Waals surface area contributed by atoms with Crippen LogP contribution in [0.25, 0.3) is 0 Å². The van der Waals surface area contributed by atoms with Crippen molar-refractivity contribution < 1.29 is 19.4 Å². The van der Waals surface area contributed by atoms with Crippen molar-refractivity contribution in [2.24, 2.45) is 0 Å². The lowest BCUT2D eigenvalue weighted by atomic mass is 9.89. The molecule has 1 saturated heterocycles. The highest BCUT2D eigenvalue weighted by Crippen LogP contribution is 2.25. The highest BCUT2D eigenvalue weighted by Gasteiger charge is 2.35. The van der Waals surface area contributed by atoms with Crippen molar-refractivity contribution in [3.63, 3.8) is 0 Å². The van der Waals surface area contributed by atoms with E-state index in [0.717, 1.165) is 25.7 Å². The number of hydrogen-bond acceptors (Lipinski definition) is 3. The number of rotatable bonds is 5. The Morgan fingerprint density at radius 3 is 2.79 bits per heavy atom. The summed E-state index contributed by atoms with van der Waals surface area (Å²) in [6, 6.07) is -0.0981. The second-order valence-electron chi connectivity index (χ2n) is 5.28. The second-order valence-corrected chi connectivity index (χ2v) is 5.28. The molecule has 0 aromatic rings. The molecule has 6 nitrogen and oxygen atoms in total. The fourth-order valence-corrected chi connectivity index (χ4v) is 2.83. The van der Waals surface area contributed by atoms with Gasteiger partial charge >= 0.3 is 12.0 Å². The first-order chi connectivity index (χ1) is 9.10. The minimum atomic E-state index is -0.843. The molecule has 108 valence electrons. The molecule has 1 saturated carbocycles. The topological polar surface area (TPSA) is 78.9 Å². The van der Waals surface area contributed by atoms with Gasteiger partial charge < -0.3 is 20.1 Å². The highest BCUT2D eigenvalue weighted by atomic mass is 16.5. The Kier molecular flexibility index (Phi) is 4.63. The number of carbonyl (C=O) groups is 2. The molecular weight excluding hydrogens is 248 g/mol. The zero-order valence-corrected chi connectivity index (χ0v) is 11.3. The average molecular weight is 270 g/mol. The van der Waals surface area contributed by atoms with Gasteiger partial charge in [0.2, 0.25) is 0 Å². The molecule has 1 unspecified atom stereocenters. The van der Waals surface area contributed by atoms with E-state index in [1.54, 1.807) is 4.90 Å². The Balaban J connectivity index is 1.75. The summed E-state index contributed by atoms with van der Waals surface area (Å²) in [5, 5.41) is 11.8. The van der Waals surface area contributed by atoms with E-state index in [-0.39, 0.29) is 30.6 Å². The van der Waals surface area contributed by atoms with Gasteiger partial charge in [-0.1, -0.05) is 0 Å². The highest BCUT2D eigenvalue weighted by molar-refractivity contribution is 5.76. The fourth-order valence-electron chi connectivity index (χ4n) is 2.83. The Morgan fingerprint density at radius 1 is 1.42 bits per heavy atom. The largest absolute Gasteiger partial charge is 0.481 e. The van der Waals surface area contributed by atoms with Gasteiger partial charge in [-0.25, -0.2) is 4.79 Å². The number of nitrogens with one attached hydrogen (secondary N) is 1. The summed E-state index contributed by atoms with van der Waals surface area (Å²) in [4.78, 5) is 24.5. The molecule has 0 aromatic carbocycles. The number of carboxylic acids is 1. The van der Waals surface area contributed by atoms with Crippen molar-refractivity contribution in [3.8, 4) is 0 Å². The molecule has 1 atom stereocenters. The van der Waals surface area contributed by atoms with E-state index in [0.29, 0.717) is 13.2 Å². The van der Waals surface area contributed by atoms with Gasteiger partial charge in [-0.2, -0.15) is 0 Å². The molecule has 6 heteroatoms. The number of likely N-dealkylation sites (tertiary alicyclic amines) is 1. The van der Waals surface area contributed by atoms with Gasteiger partial charge in [0.15, 0.2) is 0 Å². The molecule has 0 aromatic heterocycles. The smallest absolute Gasteiger partial charge is 0.317 e. The average Bonchev–Trinajstić information content (AvgIpc) is 2.73. The predicted octanol–water partition coefficient (Wildman–Crippen LogP) is 1.20. The van der Waals surface area contributed by atoms with Crippen LogP contribution >= 0.6 is 0 Å². The molecule has 1 aliphatic carbocycles. The number of carbonyl (C=O) groups excluding carboxylic acids is 1. The zero-order chi connectivity index (χ0) is 13.8. The molecule has 1 heterocycles. The van der Waals surface area contributed by atoms with E-state index in [1.807, 2.05) is 6.92 Å². The van der Waals surface area contributed by atoms with E-state index in [2.05, 4.69) is 5.32 Å². The molecule has 2 amide bonds. The molecule has 19 heavy (non-hydrogen) atoms. The number of hydrogen-bond donors (Lipinski definition) is 2. The van der Waals surface area contributed by atoms with Gasteiger partial charge in [0.1, 0.15) is 0 Å². The van der Waals surface area contributed by atoms with Gasteiger partial charge in [0, 0.05) is 25.2 Å². The van der Waals surface area contributed by atoms with E-state index < -0.39 is 5.97 Å². The maximum absolute atomic E-state index is 12.1. The summed E-state index contributed by atoms with van der Waals surface area (Å²) < 4.78 is 5.45. The first-order valence-corrected chi connectivity index (χ1v) is 7.00. The van der Waals surface area contributed by atoms with Gasteiger partial charge in [-0.3, -0.25) is 4.79 Å². The third kappa shape index (κ3) is 3.59. The van der Waals surface area contributed by atoms with Gasteiger partial charge in [0.25, 0.3) is 0 Å². The summed E-state index contributed by atoms with van der Waals surface area (Å²) in [6.07, 6.45) is 3.70. The van der Waals surface area contributed by atoms with Crippen molar-refractivity contribution >= 4 is 12.0 Å². The van der Waals surface area contributed by atoms with Gasteiger partial charge in [-0.05, 0) is 32.6 Å². The number of nitrogens with zero attached hydrogens (tertiary/aromatic N) is 1. The van der Waals surface area contributed by atoms with Crippen LogP contribution in [0, 0.1) is 0 Å². The monoisotopic (exact) mass is 270 g/mol. The summed E-state index contributed by atoms with van der Waals surface area (Å²) in [6.45, 7) is 3.33. The molecule has 2 fully saturated rings. The third-order valence-electron chi connectivity index (χ3n) is 3.87. The standard InChI is InChI=1S/C13H22N2O4/c1-2-19-11-6-9(7-11)14-13(18)15-5-3-4-10(15)8-12(16)17/h9-11H,2-8H2,1H3,(H,14,18)(H,16,17). The van der Waals surface area contributed by atoms with Crippen LogP contribution in [0.1, 0.15) is 39.0 Å². The van der Waals surface area contributed by atoms with E-state index >= 15 is 0 Å². The number of carboxylic acid groups (broad SMARTS) is 1. The molecule has 2 N–H and O–H groups in total. The molecule has 0 radical (unpaired) electrons. The molecule has 0 bridgehead atoms. The van der Waals surface area contributed by atoms with Crippen molar-refractivity contribution in [2.45, 2.75) is 57.2 Å².